The second-order valence-corrected chi connectivity index (χ2v) is 11.4. The Morgan fingerprint density at radius 3 is 2.50 bits per heavy atom. The third-order valence-corrected chi connectivity index (χ3v) is 8.03. The van der Waals surface area contributed by atoms with Gasteiger partial charge in [0.25, 0.3) is 0 Å². The van der Waals surface area contributed by atoms with Gasteiger partial charge in [0.15, 0.2) is 0 Å². The molecule has 0 radical (unpaired) electrons. The van der Waals surface area contributed by atoms with E-state index in [1.54, 1.807) is 0 Å². The van der Waals surface area contributed by atoms with Gasteiger partial charge in [-0.3, -0.25) is 0 Å². The first kappa shape index (κ1) is 11.3. The minimum atomic E-state index is 0.331. The van der Waals surface area contributed by atoms with Gasteiger partial charge >= 0.3 is 0 Å². The van der Waals surface area contributed by atoms with Crippen molar-refractivity contribution in [1.29, 1.82) is 0 Å². The minimum absolute atomic E-state index is 0.331. The smallest absolute Gasteiger partial charge is 0.0253 e. The standard InChI is InChI=1S/C7H19P3/c1-4-9-10(8)6-5-7(2)3/h7,9H,4-6,8H2,1-3H3. The van der Waals surface area contributed by atoms with Crippen LogP contribution in [0.1, 0.15) is 27.2 Å². The van der Waals surface area contributed by atoms with Crippen LogP contribution in [0.15, 0.2) is 0 Å². The molecule has 0 spiro atoms. The van der Waals surface area contributed by atoms with E-state index in [0.717, 1.165) is 5.92 Å². The fraction of sp³-hybridized carbons (Fsp3) is 1.00. The van der Waals surface area contributed by atoms with Crippen molar-refractivity contribution in [3.05, 3.63) is 0 Å². The lowest BCUT2D eigenvalue weighted by atomic mass is 10.2. The highest BCUT2D eigenvalue weighted by Crippen LogP contribution is 2.62. The lowest BCUT2D eigenvalue weighted by molar-refractivity contribution is 0.631. The van der Waals surface area contributed by atoms with Gasteiger partial charge in [-0.25, -0.2) is 0 Å². The molecule has 0 aromatic rings. The van der Waals surface area contributed by atoms with E-state index >= 15 is 0 Å². The third-order valence-electron chi connectivity index (χ3n) is 1.31. The van der Waals surface area contributed by atoms with E-state index in [1.807, 2.05) is 0 Å². The Bertz CT molecular complexity index is 73.3. The van der Waals surface area contributed by atoms with Crippen LogP contribution in [0, 0.1) is 5.92 Å². The van der Waals surface area contributed by atoms with E-state index in [1.165, 1.54) is 27.0 Å². The summed E-state index contributed by atoms with van der Waals surface area (Å²) in [7, 11) is 4.57. The molecule has 3 unspecified atom stereocenters. The summed E-state index contributed by atoms with van der Waals surface area (Å²) in [4.78, 5) is 0. The largest absolute Gasteiger partial charge is 0.107 e. The normalized spacial score (nSPS) is 15.3. The molecule has 0 bridgehead atoms. The molecule has 0 aliphatic carbocycles. The fourth-order valence-electron chi connectivity index (χ4n) is 0.679. The van der Waals surface area contributed by atoms with Crippen LogP contribution < -0.4 is 0 Å². The molecule has 0 saturated heterocycles. The van der Waals surface area contributed by atoms with E-state index in [-0.39, 0.29) is 0 Å². The summed E-state index contributed by atoms with van der Waals surface area (Å²) in [5.41, 5.74) is 0. The Balaban J connectivity index is 3.12. The van der Waals surface area contributed by atoms with Crippen molar-refractivity contribution in [2.45, 2.75) is 27.2 Å². The van der Waals surface area contributed by atoms with Crippen molar-refractivity contribution in [3.63, 3.8) is 0 Å². The monoisotopic (exact) mass is 196 g/mol. The summed E-state index contributed by atoms with van der Waals surface area (Å²) < 4.78 is 0. The average molecular weight is 196 g/mol. The van der Waals surface area contributed by atoms with E-state index < -0.39 is 0 Å². The molecule has 0 N–H and O–H groups in total. The van der Waals surface area contributed by atoms with Gasteiger partial charge in [0.05, 0.1) is 0 Å². The Kier molecular flexibility index (Phi) is 7.87. The zero-order valence-corrected chi connectivity index (χ0v) is 10.3. The maximum absolute atomic E-state index is 3.02. The summed E-state index contributed by atoms with van der Waals surface area (Å²) in [5.74, 6) is 0.896. The predicted octanol–water partition coefficient (Wildman–Crippen LogP) is 3.92. The topological polar surface area (TPSA) is 0 Å². The summed E-state index contributed by atoms with van der Waals surface area (Å²) in [6.07, 6.45) is 4.26. The van der Waals surface area contributed by atoms with Gasteiger partial charge in [0, 0.05) is 0 Å². The Morgan fingerprint density at radius 2 is 2.10 bits per heavy atom. The van der Waals surface area contributed by atoms with Crippen molar-refractivity contribution in [1.82, 2.24) is 0 Å². The number of hydrogen-bond acceptors (Lipinski definition) is 0. The second-order valence-electron chi connectivity index (χ2n) is 2.89. The molecule has 10 heavy (non-hydrogen) atoms. The molecule has 0 aromatic carbocycles. The molecule has 0 amide bonds. The Hall–Kier alpha value is 1.29. The van der Waals surface area contributed by atoms with Crippen LogP contribution in [0.4, 0.5) is 0 Å². The van der Waals surface area contributed by atoms with E-state index in [0.29, 0.717) is 7.30 Å². The lowest BCUT2D eigenvalue weighted by Crippen LogP contribution is -1.87. The van der Waals surface area contributed by atoms with Crippen molar-refractivity contribution in [3.8, 4) is 0 Å². The molecule has 0 rings (SSSR count). The maximum atomic E-state index is 3.02. The number of hydrogen-bond donors (Lipinski definition) is 0. The van der Waals surface area contributed by atoms with Crippen molar-refractivity contribution in [2.24, 2.45) is 5.92 Å². The van der Waals surface area contributed by atoms with Crippen LogP contribution >= 0.6 is 24.5 Å². The van der Waals surface area contributed by atoms with Gasteiger partial charge in [-0.15, -0.1) is 8.93 Å². The zero-order valence-electron chi connectivity index (χ0n) is 7.22. The number of rotatable bonds is 5. The van der Waals surface area contributed by atoms with E-state index in [2.05, 4.69) is 29.7 Å². The molecular formula is C7H19P3. The third kappa shape index (κ3) is 7.40. The van der Waals surface area contributed by atoms with Crippen LogP contribution in [0.5, 0.6) is 0 Å². The lowest BCUT2D eigenvalue weighted by Gasteiger charge is -2.11. The Labute approximate surface area is 70.5 Å². The highest BCUT2D eigenvalue weighted by molar-refractivity contribution is 8.47. The molecule has 0 saturated carbocycles. The molecule has 0 aliphatic heterocycles. The molecular weight excluding hydrogens is 177 g/mol. The first-order chi connectivity index (χ1) is 4.66. The van der Waals surface area contributed by atoms with Crippen LogP contribution in [-0.2, 0) is 0 Å². The first-order valence-corrected chi connectivity index (χ1v) is 9.12. The van der Waals surface area contributed by atoms with Gasteiger partial charge < -0.3 is 0 Å². The summed E-state index contributed by atoms with van der Waals surface area (Å²) in [6.45, 7) is 6.90. The molecule has 62 valence electrons. The van der Waals surface area contributed by atoms with Gasteiger partial charge in [0.1, 0.15) is 0 Å². The highest BCUT2D eigenvalue weighted by atomic mass is 32.4. The SMILES string of the molecule is CCPP(P)CCC(C)C. The van der Waals surface area contributed by atoms with Crippen molar-refractivity contribution in [2.75, 3.05) is 12.3 Å². The molecule has 0 fully saturated rings. The molecule has 3 heteroatoms. The summed E-state index contributed by atoms with van der Waals surface area (Å²) in [5, 5.41) is 0. The first-order valence-electron chi connectivity index (χ1n) is 3.92. The predicted molar refractivity (Wildman–Crippen MR) is 59.8 cm³/mol. The average Bonchev–Trinajstić information content (AvgIpc) is 1.85. The minimum Gasteiger partial charge on any atom is -0.107 e. The maximum Gasteiger partial charge on any atom is -0.0253 e. The van der Waals surface area contributed by atoms with Crippen LogP contribution in [0.2, 0.25) is 0 Å². The zero-order chi connectivity index (χ0) is 7.98. The summed E-state index contributed by atoms with van der Waals surface area (Å²) >= 11 is 0. The van der Waals surface area contributed by atoms with Crippen LogP contribution in [-0.4, -0.2) is 12.3 Å². The van der Waals surface area contributed by atoms with Gasteiger partial charge in [0.2, 0.25) is 0 Å². The fourth-order valence-corrected chi connectivity index (χ4v) is 6.21. The van der Waals surface area contributed by atoms with Crippen molar-refractivity contribution < 1.29 is 0 Å². The molecule has 3 atom stereocenters. The quantitative estimate of drug-likeness (QED) is 0.584. The molecule has 0 nitrogen and oxygen atoms in total. The van der Waals surface area contributed by atoms with Crippen molar-refractivity contribution >= 4 is 24.5 Å². The van der Waals surface area contributed by atoms with Crippen LogP contribution in [0.3, 0.4) is 0 Å². The van der Waals surface area contributed by atoms with E-state index in [4.69, 9.17) is 0 Å². The van der Waals surface area contributed by atoms with Gasteiger partial charge in [-0.05, 0) is 24.7 Å². The molecule has 0 heterocycles. The van der Waals surface area contributed by atoms with Gasteiger partial charge in [-0.2, -0.15) is 0 Å². The summed E-state index contributed by atoms with van der Waals surface area (Å²) in [6, 6.07) is 0. The Morgan fingerprint density at radius 1 is 1.50 bits per heavy atom. The van der Waals surface area contributed by atoms with Crippen LogP contribution in [0.25, 0.3) is 0 Å². The second kappa shape index (κ2) is 6.97. The molecule has 0 aromatic heterocycles. The van der Waals surface area contributed by atoms with Gasteiger partial charge in [-0.1, -0.05) is 36.3 Å². The highest BCUT2D eigenvalue weighted by Gasteiger charge is 2.00. The molecule has 0 aliphatic rings. The van der Waals surface area contributed by atoms with E-state index in [9.17, 15) is 0 Å².